The van der Waals surface area contributed by atoms with Crippen LogP contribution in [0.5, 0.6) is 11.6 Å². The molecule has 1 aromatic carbocycles. The first kappa shape index (κ1) is 22.1. The number of Topliss-reactive ketones (excluding diaryl/α,β-unsaturated/α-hetero) is 1. The predicted molar refractivity (Wildman–Crippen MR) is 117 cm³/mol. The molecule has 3 rings (SSSR count). The topological polar surface area (TPSA) is 81.0 Å². The average Bonchev–Trinajstić information content (AvgIpc) is 2.73. The Hall–Kier alpha value is -2.57. The SMILES string of the molecule is CCON=C(CC)C1=C(O)CC(c2ccc(Oc3nccc(Cl)c3Cl)cc2)CC1=O. The third kappa shape index (κ3) is 4.94. The molecule has 1 aromatic heterocycles. The molecule has 0 spiro atoms. The molecular weight excluding hydrogens is 427 g/mol. The van der Waals surface area contributed by atoms with E-state index in [4.69, 9.17) is 32.8 Å². The van der Waals surface area contributed by atoms with Crippen LogP contribution in [0.1, 0.15) is 44.6 Å². The Morgan fingerprint density at radius 2 is 1.93 bits per heavy atom. The summed E-state index contributed by atoms with van der Waals surface area (Å²) in [5.41, 5.74) is 1.68. The summed E-state index contributed by atoms with van der Waals surface area (Å²) in [7, 11) is 0. The summed E-state index contributed by atoms with van der Waals surface area (Å²) in [6.07, 6.45) is 2.65. The number of aromatic nitrogens is 1. The molecule has 0 saturated carbocycles. The van der Waals surface area contributed by atoms with Crippen molar-refractivity contribution in [3.63, 3.8) is 0 Å². The fourth-order valence-electron chi connectivity index (χ4n) is 3.28. The number of pyridine rings is 1. The normalized spacial score (nSPS) is 17.3. The number of benzene rings is 1. The first-order valence-corrected chi connectivity index (χ1v) is 10.4. The maximum atomic E-state index is 12.7. The van der Waals surface area contributed by atoms with Crippen LogP contribution < -0.4 is 4.74 Å². The van der Waals surface area contributed by atoms with Gasteiger partial charge in [0, 0.05) is 19.0 Å². The van der Waals surface area contributed by atoms with Crippen LogP contribution >= 0.6 is 23.2 Å². The fraction of sp³-hybridized carbons (Fsp3) is 0.318. The van der Waals surface area contributed by atoms with Crippen molar-refractivity contribution in [2.24, 2.45) is 5.16 Å². The zero-order valence-electron chi connectivity index (χ0n) is 16.7. The van der Waals surface area contributed by atoms with Gasteiger partial charge in [-0.3, -0.25) is 4.79 Å². The summed E-state index contributed by atoms with van der Waals surface area (Å²) in [5.74, 6) is 0.533. The second-order valence-electron chi connectivity index (χ2n) is 6.74. The molecule has 0 radical (unpaired) electrons. The van der Waals surface area contributed by atoms with Crippen LogP contribution in [0.4, 0.5) is 0 Å². The number of ketones is 1. The van der Waals surface area contributed by atoms with Gasteiger partial charge in [-0.15, -0.1) is 0 Å². The van der Waals surface area contributed by atoms with Crippen molar-refractivity contribution in [3.8, 4) is 11.6 Å². The second kappa shape index (κ2) is 9.96. The van der Waals surface area contributed by atoms with Gasteiger partial charge < -0.3 is 14.7 Å². The minimum absolute atomic E-state index is 0.0480. The van der Waals surface area contributed by atoms with Gasteiger partial charge in [-0.05, 0) is 43.0 Å². The molecule has 1 N–H and O–H groups in total. The van der Waals surface area contributed by atoms with Crippen molar-refractivity contribution in [3.05, 3.63) is 63.5 Å². The number of hydrogen-bond donors (Lipinski definition) is 1. The summed E-state index contributed by atoms with van der Waals surface area (Å²) in [6.45, 7) is 4.09. The molecule has 0 aliphatic heterocycles. The number of ether oxygens (including phenoxy) is 1. The van der Waals surface area contributed by atoms with Crippen molar-refractivity contribution >= 4 is 34.7 Å². The van der Waals surface area contributed by atoms with Crippen LogP contribution in [0.15, 0.2) is 53.0 Å². The smallest absolute Gasteiger partial charge is 0.239 e. The number of halogens is 2. The Morgan fingerprint density at radius 3 is 2.57 bits per heavy atom. The molecule has 1 aliphatic carbocycles. The van der Waals surface area contributed by atoms with Gasteiger partial charge in [0.15, 0.2) is 5.78 Å². The van der Waals surface area contributed by atoms with Gasteiger partial charge in [0.1, 0.15) is 23.1 Å². The molecule has 1 atom stereocenters. The molecule has 0 bridgehead atoms. The van der Waals surface area contributed by atoms with E-state index < -0.39 is 0 Å². The first-order chi connectivity index (χ1) is 14.4. The zero-order chi connectivity index (χ0) is 21.7. The van der Waals surface area contributed by atoms with Gasteiger partial charge in [-0.1, -0.05) is 47.4 Å². The van der Waals surface area contributed by atoms with Gasteiger partial charge >= 0.3 is 0 Å². The van der Waals surface area contributed by atoms with E-state index in [0.717, 1.165) is 5.56 Å². The molecule has 30 heavy (non-hydrogen) atoms. The number of allylic oxidation sites excluding steroid dienone is 2. The number of hydrogen-bond acceptors (Lipinski definition) is 6. The largest absolute Gasteiger partial charge is 0.511 e. The lowest BCUT2D eigenvalue weighted by atomic mass is 9.81. The van der Waals surface area contributed by atoms with Crippen LogP contribution in [0.3, 0.4) is 0 Å². The van der Waals surface area contributed by atoms with E-state index in [1.54, 1.807) is 18.2 Å². The van der Waals surface area contributed by atoms with E-state index in [0.29, 0.717) is 35.9 Å². The van der Waals surface area contributed by atoms with E-state index in [-0.39, 0.29) is 40.4 Å². The summed E-state index contributed by atoms with van der Waals surface area (Å²) >= 11 is 12.1. The molecule has 6 nitrogen and oxygen atoms in total. The standard InChI is InChI=1S/C22H22Cl2N2O4/c1-3-17(26-29-4-2)20-18(27)11-14(12-19(20)28)13-5-7-15(8-6-13)30-22-21(24)16(23)9-10-25-22/h5-10,14,27H,3-4,11-12H2,1-2H3. The van der Waals surface area contributed by atoms with E-state index in [1.165, 1.54) is 6.20 Å². The van der Waals surface area contributed by atoms with Crippen LogP contribution in [0.2, 0.25) is 10.0 Å². The Morgan fingerprint density at radius 1 is 1.20 bits per heavy atom. The summed E-state index contributed by atoms with van der Waals surface area (Å²) in [4.78, 5) is 21.9. The number of aliphatic hydroxyl groups is 1. The van der Waals surface area contributed by atoms with Gasteiger partial charge in [-0.2, -0.15) is 0 Å². The van der Waals surface area contributed by atoms with Crippen molar-refractivity contribution in [2.75, 3.05) is 6.61 Å². The van der Waals surface area contributed by atoms with Gasteiger partial charge in [0.25, 0.3) is 0 Å². The lowest BCUT2D eigenvalue weighted by molar-refractivity contribution is -0.116. The predicted octanol–water partition coefficient (Wildman–Crippen LogP) is 6.24. The summed E-state index contributed by atoms with van der Waals surface area (Å²) in [6, 6.07) is 8.83. The van der Waals surface area contributed by atoms with Crippen molar-refractivity contribution in [2.45, 2.75) is 39.0 Å². The Labute approximate surface area is 185 Å². The number of carbonyl (C=O) groups excluding carboxylic acids is 1. The summed E-state index contributed by atoms with van der Waals surface area (Å²) < 4.78 is 5.69. The van der Waals surface area contributed by atoms with E-state index in [9.17, 15) is 9.90 Å². The highest BCUT2D eigenvalue weighted by atomic mass is 35.5. The van der Waals surface area contributed by atoms with Crippen LogP contribution in [0.25, 0.3) is 0 Å². The Balaban J connectivity index is 1.76. The van der Waals surface area contributed by atoms with Crippen LogP contribution in [0, 0.1) is 0 Å². The molecule has 1 aliphatic rings. The average molecular weight is 449 g/mol. The zero-order valence-corrected chi connectivity index (χ0v) is 18.2. The molecule has 1 unspecified atom stereocenters. The second-order valence-corrected chi connectivity index (χ2v) is 7.53. The molecular formula is C22H22Cl2N2O4. The number of rotatable bonds is 7. The number of oxime groups is 1. The minimum atomic E-state index is -0.140. The van der Waals surface area contributed by atoms with E-state index in [2.05, 4.69) is 10.1 Å². The first-order valence-electron chi connectivity index (χ1n) is 9.66. The fourth-order valence-corrected chi connectivity index (χ4v) is 3.57. The molecule has 0 saturated heterocycles. The summed E-state index contributed by atoms with van der Waals surface area (Å²) in [5, 5.41) is 15.1. The molecule has 0 amide bonds. The van der Waals surface area contributed by atoms with Gasteiger partial charge in [0.05, 0.1) is 16.3 Å². The van der Waals surface area contributed by atoms with E-state index in [1.807, 2.05) is 26.0 Å². The van der Waals surface area contributed by atoms with E-state index >= 15 is 0 Å². The monoisotopic (exact) mass is 448 g/mol. The third-order valence-corrected chi connectivity index (χ3v) is 5.52. The number of nitrogens with zero attached hydrogens (tertiary/aromatic N) is 2. The maximum Gasteiger partial charge on any atom is 0.239 e. The number of aliphatic hydroxyl groups excluding tert-OH is 1. The molecule has 2 aromatic rings. The number of carbonyl (C=O) groups is 1. The van der Waals surface area contributed by atoms with Crippen LogP contribution in [-0.2, 0) is 9.63 Å². The highest BCUT2D eigenvalue weighted by Crippen LogP contribution is 2.36. The molecule has 1 heterocycles. The molecule has 158 valence electrons. The Kier molecular flexibility index (Phi) is 7.34. The highest BCUT2D eigenvalue weighted by molar-refractivity contribution is 6.42. The molecule has 8 heteroatoms. The van der Waals surface area contributed by atoms with Gasteiger partial charge in [-0.25, -0.2) is 4.98 Å². The van der Waals surface area contributed by atoms with Gasteiger partial charge in [0.2, 0.25) is 5.88 Å². The lowest BCUT2D eigenvalue weighted by Crippen LogP contribution is -2.23. The van der Waals surface area contributed by atoms with Crippen molar-refractivity contribution in [1.82, 2.24) is 4.98 Å². The highest BCUT2D eigenvalue weighted by Gasteiger charge is 2.31. The minimum Gasteiger partial charge on any atom is -0.511 e. The quantitative estimate of drug-likeness (QED) is 0.400. The lowest BCUT2D eigenvalue weighted by Gasteiger charge is -2.24. The van der Waals surface area contributed by atoms with Crippen molar-refractivity contribution < 1.29 is 19.5 Å². The maximum absolute atomic E-state index is 12.7. The molecule has 0 fully saturated rings. The third-order valence-electron chi connectivity index (χ3n) is 4.74. The van der Waals surface area contributed by atoms with Crippen molar-refractivity contribution in [1.29, 1.82) is 0 Å². The Bertz CT molecular complexity index is 987. The van der Waals surface area contributed by atoms with Crippen LogP contribution in [-0.4, -0.2) is 28.2 Å².